The average Bonchev–Trinajstić information content (AvgIpc) is 3.17. The van der Waals surface area contributed by atoms with Crippen molar-refractivity contribution in [1.29, 1.82) is 0 Å². The van der Waals surface area contributed by atoms with Crippen molar-refractivity contribution in [2.24, 2.45) is 0 Å². The summed E-state index contributed by atoms with van der Waals surface area (Å²) >= 11 is 0. The minimum Gasteiger partial charge on any atom is -0.489 e. The molecule has 1 fully saturated rings. The molecule has 0 heterocycles. The van der Waals surface area contributed by atoms with Crippen LogP contribution in [0.25, 0.3) is 0 Å². The van der Waals surface area contributed by atoms with Gasteiger partial charge in [0.15, 0.2) is 0 Å². The summed E-state index contributed by atoms with van der Waals surface area (Å²) in [6.45, 7) is 2.88. The molecule has 2 amide bonds. The molecule has 0 radical (unpaired) electrons. The Kier molecular flexibility index (Phi) is 6.12. The summed E-state index contributed by atoms with van der Waals surface area (Å²) in [6, 6.07) is 17.0. The summed E-state index contributed by atoms with van der Waals surface area (Å²) in [7, 11) is 0. The molecular weight excluding hydrogens is 340 g/mol. The van der Waals surface area contributed by atoms with Gasteiger partial charge in [-0.05, 0) is 43.5 Å². The monoisotopic (exact) mass is 366 g/mol. The van der Waals surface area contributed by atoms with Crippen molar-refractivity contribution in [2.75, 3.05) is 6.54 Å². The minimum absolute atomic E-state index is 0.0904. The second-order valence-corrected chi connectivity index (χ2v) is 6.90. The molecule has 0 bridgehead atoms. The molecule has 1 aliphatic carbocycles. The molecule has 0 spiro atoms. The van der Waals surface area contributed by atoms with Crippen LogP contribution in [-0.4, -0.2) is 23.9 Å². The highest BCUT2D eigenvalue weighted by molar-refractivity contribution is 5.99. The van der Waals surface area contributed by atoms with Gasteiger partial charge < -0.3 is 15.4 Å². The predicted octanol–water partition coefficient (Wildman–Crippen LogP) is 3.44. The fourth-order valence-corrected chi connectivity index (χ4v) is 3.47. The number of ether oxygens (including phenoxy) is 1. The van der Waals surface area contributed by atoms with E-state index < -0.39 is 5.54 Å². The Bertz CT molecular complexity index is 783. The quantitative estimate of drug-likeness (QED) is 0.789. The van der Waals surface area contributed by atoms with E-state index in [-0.39, 0.29) is 11.8 Å². The maximum atomic E-state index is 12.8. The van der Waals surface area contributed by atoms with Crippen molar-refractivity contribution >= 4 is 11.8 Å². The first kappa shape index (κ1) is 19.0. The Morgan fingerprint density at radius 1 is 1.04 bits per heavy atom. The van der Waals surface area contributed by atoms with Crippen LogP contribution in [0.2, 0.25) is 0 Å². The molecule has 0 aliphatic heterocycles. The Balaban J connectivity index is 1.68. The Morgan fingerprint density at radius 3 is 2.48 bits per heavy atom. The van der Waals surface area contributed by atoms with Crippen LogP contribution in [0.5, 0.6) is 5.75 Å². The van der Waals surface area contributed by atoms with Gasteiger partial charge in [0.1, 0.15) is 17.9 Å². The van der Waals surface area contributed by atoms with Crippen LogP contribution in [-0.2, 0) is 11.4 Å². The molecule has 1 saturated carbocycles. The Labute approximate surface area is 160 Å². The zero-order chi connectivity index (χ0) is 19.1. The van der Waals surface area contributed by atoms with Gasteiger partial charge in [0, 0.05) is 12.1 Å². The van der Waals surface area contributed by atoms with Gasteiger partial charge in [-0.1, -0.05) is 49.2 Å². The lowest BCUT2D eigenvalue weighted by Crippen LogP contribution is -2.57. The zero-order valence-corrected chi connectivity index (χ0v) is 15.7. The van der Waals surface area contributed by atoms with E-state index in [2.05, 4.69) is 10.6 Å². The molecule has 5 nitrogen and oxygen atoms in total. The predicted molar refractivity (Wildman–Crippen MR) is 105 cm³/mol. The number of rotatable bonds is 7. The first-order valence-electron chi connectivity index (χ1n) is 9.50. The lowest BCUT2D eigenvalue weighted by atomic mass is 9.95. The van der Waals surface area contributed by atoms with Gasteiger partial charge in [0.2, 0.25) is 5.91 Å². The number of hydrogen-bond acceptors (Lipinski definition) is 3. The first-order chi connectivity index (χ1) is 13.1. The molecule has 2 aromatic rings. The second-order valence-electron chi connectivity index (χ2n) is 6.90. The third kappa shape index (κ3) is 4.67. The molecule has 27 heavy (non-hydrogen) atoms. The first-order valence-corrected chi connectivity index (χ1v) is 9.50. The molecule has 0 unspecified atom stereocenters. The van der Waals surface area contributed by atoms with Crippen LogP contribution in [0, 0.1) is 0 Å². The van der Waals surface area contributed by atoms with Gasteiger partial charge >= 0.3 is 0 Å². The fourth-order valence-electron chi connectivity index (χ4n) is 3.47. The van der Waals surface area contributed by atoms with E-state index >= 15 is 0 Å². The van der Waals surface area contributed by atoms with Crippen molar-refractivity contribution in [3.8, 4) is 5.75 Å². The lowest BCUT2D eigenvalue weighted by Gasteiger charge is -2.29. The summed E-state index contributed by atoms with van der Waals surface area (Å²) in [5, 5.41) is 5.84. The zero-order valence-electron chi connectivity index (χ0n) is 15.7. The Morgan fingerprint density at radius 2 is 1.78 bits per heavy atom. The van der Waals surface area contributed by atoms with Crippen LogP contribution in [0.4, 0.5) is 0 Å². The molecule has 2 N–H and O–H groups in total. The molecule has 142 valence electrons. The number of benzene rings is 2. The van der Waals surface area contributed by atoms with E-state index in [0.717, 1.165) is 18.4 Å². The van der Waals surface area contributed by atoms with Crippen molar-refractivity contribution in [1.82, 2.24) is 10.6 Å². The highest BCUT2D eigenvalue weighted by Crippen LogP contribution is 2.30. The number of hydrogen-bond donors (Lipinski definition) is 2. The average molecular weight is 366 g/mol. The maximum Gasteiger partial charge on any atom is 0.252 e. The maximum absolute atomic E-state index is 12.8. The number of amides is 2. The summed E-state index contributed by atoms with van der Waals surface area (Å²) in [5.41, 5.74) is 0.762. The minimum atomic E-state index is -0.798. The molecule has 5 heteroatoms. The van der Waals surface area contributed by atoms with Gasteiger partial charge in [-0.2, -0.15) is 0 Å². The molecule has 3 rings (SSSR count). The molecule has 0 saturated heterocycles. The second kappa shape index (κ2) is 8.71. The van der Waals surface area contributed by atoms with E-state index in [4.69, 9.17) is 4.74 Å². The van der Waals surface area contributed by atoms with E-state index in [1.165, 1.54) is 0 Å². The van der Waals surface area contributed by atoms with Crippen LogP contribution < -0.4 is 15.4 Å². The smallest absolute Gasteiger partial charge is 0.252 e. The van der Waals surface area contributed by atoms with Crippen molar-refractivity contribution in [3.63, 3.8) is 0 Å². The van der Waals surface area contributed by atoms with Gasteiger partial charge in [0.05, 0.1) is 0 Å². The van der Waals surface area contributed by atoms with E-state index in [1.54, 1.807) is 18.2 Å². The van der Waals surface area contributed by atoms with Gasteiger partial charge in [-0.3, -0.25) is 9.59 Å². The van der Waals surface area contributed by atoms with Gasteiger partial charge in [-0.25, -0.2) is 0 Å². The fraction of sp³-hybridized carbons (Fsp3) is 0.364. The van der Waals surface area contributed by atoms with Gasteiger partial charge in [-0.15, -0.1) is 0 Å². The van der Waals surface area contributed by atoms with Crippen LogP contribution >= 0.6 is 0 Å². The summed E-state index contributed by atoms with van der Waals surface area (Å²) in [4.78, 5) is 25.3. The van der Waals surface area contributed by atoms with Gasteiger partial charge in [0.25, 0.3) is 5.91 Å². The molecule has 1 aliphatic rings. The topological polar surface area (TPSA) is 67.4 Å². The number of likely N-dealkylation sites (N-methyl/N-ethyl adjacent to an activating group) is 1. The van der Waals surface area contributed by atoms with Crippen LogP contribution in [0.15, 0.2) is 54.6 Å². The highest BCUT2D eigenvalue weighted by Gasteiger charge is 2.42. The number of carbonyl (C=O) groups excluding carboxylic acids is 2. The highest BCUT2D eigenvalue weighted by atomic mass is 16.5. The molecule has 0 atom stereocenters. The van der Waals surface area contributed by atoms with E-state index in [1.807, 2.05) is 43.3 Å². The normalized spacial score (nSPS) is 15.1. The molecule has 2 aromatic carbocycles. The van der Waals surface area contributed by atoms with Crippen molar-refractivity contribution < 1.29 is 14.3 Å². The Hall–Kier alpha value is -2.82. The number of carbonyl (C=O) groups is 2. The largest absolute Gasteiger partial charge is 0.489 e. The lowest BCUT2D eigenvalue weighted by molar-refractivity contribution is -0.127. The van der Waals surface area contributed by atoms with Crippen LogP contribution in [0.3, 0.4) is 0 Å². The SMILES string of the molecule is CCNC(=O)C1(NC(=O)c2cccc(OCc3ccccc3)c2)CCCC1. The molecule has 0 aromatic heterocycles. The summed E-state index contributed by atoms with van der Waals surface area (Å²) < 4.78 is 5.80. The standard InChI is InChI=1S/C22H26N2O3/c1-2-23-21(26)22(13-6-7-14-22)24-20(25)18-11-8-12-19(15-18)27-16-17-9-4-3-5-10-17/h3-5,8-12,15H,2,6-7,13-14,16H2,1H3,(H,23,26)(H,24,25). The summed E-state index contributed by atoms with van der Waals surface area (Å²) in [5.74, 6) is 0.297. The van der Waals surface area contributed by atoms with Crippen molar-refractivity contribution in [2.45, 2.75) is 44.8 Å². The number of nitrogens with one attached hydrogen (secondary N) is 2. The van der Waals surface area contributed by atoms with E-state index in [9.17, 15) is 9.59 Å². The third-order valence-corrected chi connectivity index (χ3v) is 4.93. The van der Waals surface area contributed by atoms with Crippen LogP contribution in [0.1, 0.15) is 48.5 Å². The molecular formula is C22H26N2O3. The van der Waals surface area contributed by atoms with E-state index in [0.29, 0.717) is 37.3 Å². The summed E-state index contributed by atoms with van der Waals surface area (Å²) in [6.07, 6.45) is 3.23. The third-order valence-electron chi connectivity index (χ3n) is 4.93. The van der Waals surface area contributed by atoms with Crippen molar-refractivity contribution in [3.05, 3.63) is 65.7 Å².